The molecule has 0 heterocycles. The Balaban J connectivity index is 3.06. The van der Waals surface area contributed by atoms with Crippen LogP contribution < -0.4 is 5.73 Å². The molecule has 0 bridgehead atoms. The van der Waals surface area contributed by atoms with Crippen LogP contribution in [0, 0.1) is 11.8 Å². The normalized spacial score (nSPS) is 9.20. The van der Waals surface area contributed by atoms with Crippen molar-refractivity contribution in [3.8, 4) is 11.8 Å². The van der Waals surface area contributed by atoms with Crippen molar-refractivity contribution in [1.82, 2.24) is 0 Å². The van der Waals surface area contributed by atoms with E-state index in [4.69, 9.17) is 22.4 Å². The Morgan fingerprint density at radius 2 is 2.27 bits per heavy atom. The quantitative estimate of drug-likeness (QED) is 0.751. The van der Waals surface area contributed by atoms with Gasteiger partial charge >= 0.3 is 5.97 Å². The Morgan fingerprint density at radius 3 is 2.87 bits per heavy atom. The van der Waals surface area contributed by atoms with Crippen molar-refractivity contribution in [1.29, 1.82) is 0 Å². The summed E-state index contributed by atoms with van der Waals surface area (Å²) in [7, 11) is 0. The van der Waals surface area contributed by atoms with Crippen LogP contribution in [0.15, 0.2) is 18.2 Å². The van der Waals surface area contributed by atoms with Gasteiger partial charge in [0.25, 0.3) is 0 Å². The van der Waals surface area contributed by atoms with Crippen molar-refractivity contribution in [3.05, 3.63) is 34.3 Å². The van der Waals surface area contributed by atoms with Gasteiger partial charge in [0.1, 0.15) is 0 Å². The first-order valence-corrected chi connectivity index (χ1v) is 4.75. The van der Waals surface area contributed by atoms with Crippen LogP contribution in [-0.4, -0.2) is 17.6 Å². The number of nitrogens with two attached hydrogens (primary N) is 1. The molecule has 0 aliphatic heterocycles. The molecule has 0 aromatic heterocycles. The van der Waals surface area contributed by atoms with Crippen molar-refractivity contribution in [2.45, 2.75) is 6.42 Å². The molecule has 0 aliphatic rings. The lowest BCUT2D eigenvalue weighted by molar-refractivity contribution is 0.0697. The number of aromatic carboxylic acids is 1. The van der Waals surface area contributed by atoms with E-state index in [0.717, 1.165) is 0 Å². The molecular weight excluding hydrogens is 214 g/mol. The van der Waals surface area contributed by atoms with Crippen LogP contribution in [0.5, 0.6) is 0 Å². The first-order chi connectivity index (χ1) is 7.16. The van der Waals surface area contributed by atoms with Gasteiger partial charge < -0.3 is 10.8 Å². The minimum absolute atomic E-state index is 0.0659. The molecule has 15 heavy (non-hydrogen) atoms. The zero-order chi connectivity index (χ0) is 11.3. The van der Waals surface area contributed by atoms with Gasteiger partial charge in [-0.2, -0.15) is 0 Å². The third-order valence-electron chi connectivity index (χ3n) is 1.72. The average molecular weight is 224 g/mol. The standard InChI is InChI=1S/C11H10ClNO2/c12-10-8(4-1-2-7-13)5-3-6-9(10)11(14)15/h3,5-6H,2,7,13H2,(H,14,15). The summed E-state index contributed by atoms with van der Waals surface area (Å²) in [6, 6.07) is 4.73. The van der Waals surface area contributed by atoms with Gasteiger partial charge in [-0.3, -0.25) is 0 Å². The van der Waals surface area contributed by atoms with E-state index in [1.54, 1.807) is 12.1 Å². The minimum atomic E-state index is -1.05. The summed E-state index contributed by atoms with van der Waals surface area (Å²) in [6.45, 7) is 0.475. The fourth-order valence-electron chi connectivity index (χ4n) is 1.02. The zero-order valence-corrected chi connectivity index (χ0v) is 8.71. The maximum absolute atomic E-state index is 10.8. The molecule has 0 aliphatic carbocycles. The topological polar surface area (TPSA) is 63.3 Å². The van der Waals surface area contributed by atoms with Gasteiger partial charge in [-0.25, -0.2) is 4.79 Å². The Bertz CT molecular complexity index is 432. The molecule has 3 N–H and O–H groups in total. The molecule has 0 saturated heterocycles. The Labute approximate surface area is 92.9 Å². The van der Waals surface area contributed by atoms with E-state index in [1.165, 1.54) is 6.07 Å². The van der Waals surface area contributed by atoms with E-state index in [2.05, 4.69) is 11.8 Å². The predicted molar refractivity (Wildman–Crippen MR) is 59.0 cm³/mol. The van der Waals surface area contributed by atoms with Gasteiger partial charge in [0.15, 0.2) is 0 Å². The Hall–Kier alpha value is -1.50. The molecule has 0 fully saturated rings. The van der Waals surface area contributed by atoms with Crippen LogP contribution >= 0.6 is 11.6 Å². The fourth-order valence-corrected chi connectivity index (χ4v) is 1.28. The van der Waals surface area contributed by atoms with Crippen molar-refractivity contribution >= 4 is 17.6 Å². The third kappa shape index (κ3) is 2.98. The molecule has 0 amide bonds. The summed E-state index contributed by atoms with van der Waals surface area (Å²) < 4.78 is 0. The number of carboxylic acids is 1. The molecule has 0 saturated carbocycles. The first kappa shape index (κ1) is 11.6. The van der Waals surface area contributed by atoms with E-state index < -0.39 is 5.97 Å². The Morgan fingerprint density at radius 1 is 1.53 bits per heavy atom. The molecule has 1 rings (SSSR count). The van der Waals surface area contributed by atoms with Gasteiger partial charge in [-0.15, -0.1) is 0 Å². The monoisotopic (exact) mass is 223 g/mol. The number of hydrogen-bond donors (Lipinski definition) is 2. The maximum atomic E-state index is 10.8. The summed E-state index contributed by atoms with van der Waals surface area (Å²) in [4.78, 5) is 10.8. The average Bonchev–Trinajstić information content (AvgIpc) is 2.20. The van der Waals surface area contributed by atoms with Crippen LogP contribution in [0.25, 0.3) is 0 Å². The summed E-state index contributed by atoms with van der Waals surface area (Å²) >= 11 is 5.87. The summed E-state index contributed by atoms with van der Waals surface area (Å²) in [6.07, 6.45) is 0.563. The van der Waals surface area contributed by atoms with Gasteiger partial charge in [0, 0.05) is 18.5 Å². The number of hydrogen-bond acceptors (Lipinski definition) is 2. The largest absolute Gasteiger partial charge is 0.478 e. The number of benzene rings is 1. The van der Waals surface area contributed by atoms with Crippen molar-refractivity contribution in [2.75, 3.05) is 6.54 Å². The second kappa shape index (κ2) is 5.40. The lowest BCUT2D eigenvalue weighted by Gasteiger charge is -2.00. The van der Waals surface area contributed by atoms with Crippen molar-refractivity contribution < 1.29 is 9.90 Å². The number of halogens is 1. The maximum Gasteiger partial charge on any atom is 0.337 e. The zero-order valence-electron chi connectivity index (χ0n) is 7.96. The number of rotatable bonds is 2. The summed E-state index contributed by atoms with van der Waals surface area (Å²) in [5, 5.41) is 8.98. The fraction of sp³-hybridized carbons (Fsp3) is 0.182. The highest BCUT2D eigenvalue weighted by Crippen LogP contribution is 2.20. The highest BCUT2D eigenvalue weighted by Gasteiger charge is 2.10. The SMILES string of the molecule is NCCC#Cc1cccc(C(=O)O)c1Cl. The second-order valence-electron chi connectivity index (χ2n) is 2.81. The molecule has 1 aromatic carbocycles. The van der Waals surface area contributed by atoms with E-state index >= 15 is 0 Å². The molecular formula is C11H10ClNO2. The predicted octanol–water partition coefficient (Wildman–Crippen LogP) is 1.74. The van der Waals surface area contributed by atoms with Crippen molar-refractivity contribution in [2.24, 2.45) is 5.73 Å². The molecule has 0 unspecified atom stereocenters. The smallest absolute Gasteiger partial charge is 0.337 e. The molecule has 0 spiro atoms. The van der Waals surface area contributed by atoms with E-state index in [9.17, 15) is 4.79 Å². The third-order valence-corrected chi connectivity index (χ3v) is 2.13. The minimum Gasteiger partial charge on any atom is -0.478 e. The van der Waals surface area contributed by atoms with Gasteiger partial charge in [0.2, 0.25) is 0 Å². The second-order valence-corrected chi connectivity index (χ2v) is 3.19. The summed E-state index contributed by atoms with van der Waals surface area (Å²) in [5.74, 6) is 4.54. The molecule has 3 nitrogen and oxygen atoms in total. The molecule has 78 valence electrons. The number of carboxylic acid groups (broad SMARTS) is 1. The lowest BCUT2D eigenvalue weighted by atomic mass is 10.1. The molecule has 1 aromatic rings. The lowest BCUT2D eigenvalue weighted by Crippen LogP contribution is -1.98. The van der Waals surface area contributed by atoms with Gasteiger partial charge in [-0.1, -0.05) is 29.5 Å². The molecule has 4 heteroatoms. The Kier molecular flexibility index (Phi) is 4.17. The molecule has 0 radical (unpaired) electrons. The van der Waals surface area contributed by atoms with Crippen LogP contribution in [0.4, 0.5) is 0 Å². The van der Waals surface area contributed by atoms with Crippen molar-refractivity contribution in [3.63, 3.8) is 0 Å². The van der Waals surface area contributed by atoms with Crippen LogP contribution in [0.1, 0.15) is 22.3 Å². The van der Waals surface area contributed by atoms with Crippen LogP contribution in [0.2, 0.25) is 5.02 Å². The highest BCUT2D eigenvalue weighted by molar-refractivity contribution is 6.34. The van der Waals surface area contributed by atoms with Crippen LogP contribution in [-0.2, 0) is 0 Å². The molecule has 0 atom stereocenters. The van der Waals surface area contributed by atoms with Gasteiger partial charge in [-0.05, 0) is 12.1 Å². The van der Waals surface area contributed by atoms with E-state index in [-0.39, 0.29) is 10.6 Å². The van der Waals surface area contributed by atoms with E-state index in [1.807, 2.05) is 0 Å². The highest BCUT2D eigenvalue weighted by atomic mass is 35.5. The van der Waals surface area contributed by atoms with E-state index in [0.29, 0.717) is 18.5 Å². The van der Waals surface area contributed by atoms with Gasteiger partial charge in [0.05, 0.1) is 10.6 Å². The first-order valence-electron chi connectivity index (χ1n) is 4.37. The summed E-state index contributed by atoms with van der Waals surface area (Å²) in [5.41, 5.74) is 5.86. The number of carbonyl (C=O) groups is 1. The van der Waals surface area contributed by atoms with Crippen LogP contribution in [0.3, 0.4) is 0 Å².